The number of nitriles is 1. The van der Waals surface area contributed by atoms with Crippen molar-refractivity contribution in [2.75, 3.05) is 7.11 Å². The maximum atomic E-state index is 13.2. The minimum absolute atomic E-state index is 0.0143. The van der Waals surface area contributed by atoms with Crippen LogP contribution < -0.4 is 10.2 Å². The number of ether oxygens (including phenoxy) is 1. The third-order valence-electron chi connectivity index (χ3n) is 4.79. The number of nitrogens with zero attached hydrogens (tertiary/aromatic N) is 3. The van der Waals surface area contributed by atoms with Gasteiger partial charge in [-0.15, -0.1) is 11.8 Å². The maximum absolute atomic E-state index is 13.2. The Kier molecular flexibility index (Phi) is 8.63. The number of nitrogens with one attached hydrogen (secondary N) is 1. The molecule has 0 saturated heterocycles. The number of aryl methyl sites for hydroxylation is 1. The molecule has 2 aromatic carbocycles. The zero-order valence-corrected chi connectivity index (χ0v) is 20.1. The van der Waals surface area contributed by atoms with Crippen LogP contribution >= 0.6 is 23.4 Å². The third kappa shape index (κ3) is 6.47. The Hall–Kier alpha value is -3.68. The number of hydrazone groups is 1. The summed E-state index contributed by atoms with van der Waals surface area (Å²) in [6.07, 6.45) is -1.35. The van der Waals surface area contributed by atoms with Crippen LogP contribution in [0.2, 0.25) is 5.02 Å². The molecule has 1 aromatic heterocycles. The number of aromatic nitrogens is 1. The van der Waals surface area contributed by atoms with Crippen LogP contribution in [0.5, 0.6) is 11.5 Å². The van der Waals surface area contributed by atoms with Gasteiger partial charge in [0.2, 0.25) is 0 Å². The van der Waals surface area contributed by atoms with Gasteiger partial charge in [-0.2, -0.15) is 10.4 Å². The molecule has 0 atom stereocenters. The van der Waals surface area contributed by atoms with E-state index in [-0.39, 0.29) is 33.3 Å². The van der Waals surface area contributed by atoms with Crippen molar-refractivity contribution in [3.8, 4) is 17.6 Å². The average molecular weight is 517 g/mol. The molecule has 0 aliphatic carbocycles. The van der Waals surface area contributed by atoms with Crippen molar-refractivity contribution in [3.63, 3.8) is 0 Å². The van der Waals surface area contributed by atoms with E-state index in [9.17, 15) is 23.9 Å². The van der Waals surface area contributed by atoms with Crippen LogP contribution in [0.15, 0.2) is 52.6 Å². The Balaban J connectivity index is 1.77. The lowest BCUT2D eigenvalue weighted by Crippen LogP contribution is -2.17. The van der Waals surface area contributed by atoms with Gasteiger partial charge in [-0.05, 0) is 60.5 Å². The number of aromatic hydroxyl groups is 1. The van der Waals surface area contributed by atoms with Gasteiger partial charge in [0.05, 0.1) is 24.5 Å². The number of hydrogen-bond donors (Lipinski definition) is 2. The van der Waals surface area contributed by atoms with Crippen LogP contribution in [0.3, 0.4) is 0 Å². The number of pyridine rings is 1. The summed E-state index contributed by atoms with van der Waals surface area (Å²) >= 11 is 6.91. The highest BCUT2D eigenvalue weighted by Crippen LogP contribution is 2.32. The van der Waals surface area contributed by atoms with E-state index in [2.05, 4.69) is 15.5 Å². The number of phenolic OH excluding ortho intramolecular Hbond substituents is 1. The number of phenols is 1. The van der Waals surface area contributed by atoms with E-state index < -0.39 is 12.3 Å². The number of benzene rings is 2. The molecule has 3 rings (SSSR count). The first-order valence-electron chi connectivity index (χ1n) is 10.0. The number of thioether (sulfide) groups is 1. The lowest BCUT2D eigenvalue weighted by molar-refractivity contribution is 0.0952. The van der Waals surface area contributed by atoms with Crippen molar-refractivity contribution in [3.05, 3.63) is 81.0 Å². The van der Waals surface area contributed by atoms with E-state index in [0.717, 1.165) is 11.8 Å². The molecule has 0 fully saturated rings. The first kappa shape index (κ1) is 25.9. The summed E-state index contributed by atoms with van der Waals surface area (Å²) in [6, 6.07) is 12.5. The van der Waals surface area contributed by atoms with Gasteiger partial charge in [-0.3, -0.25) is 4.79 Å². The van der Waals surface area contributed by atoms with Crippen LogP contribution in [0.1, 0.15) is 44.7 Å². The lowest BCUT2D eigenvalue weighted by Gasteiger charge is -2.11. The molecule has 1 heterocycles. The molecule has 11 heteroatoms. The number of carbonyl (C=O) groups excluding carboxylic acids is 1. The molecular weight excluding hydrogens is 498 g/mol. The van der Waals surface area contributed by atoms with E-state index >= 15 is 0 Å². The Labute approximate surface area is 209 Å². The summed E-state index contributed by atoms with van der Waals surface area (Å²) in [5.41, 5.74) is 3.94. The van der Waals surface area contributed by atoms with E-state index in [4.69, 9.17) is 16.3 Å². The van der Waals surface area contributed by atoms with Crippen molar-refractivity contribution in [1.29, 1.82) is 5.26 Å². The van der Waals surface area contributed by atoms with E-state index in [0.29, 0.717) is 27.5 Å². The minimum Gasteiger partial charge on any atom is -0.507 e. The normalized spacial score (nSPS) is 11.0. The summed E-state index contributed by atoms with van der Waals surface area (Å²) in [5, 5.41) is 23.7. The monoisotopic (exact) mass is 516 g/mol. The molecule has 0 saturated carbocycles. The summed E-state index contributed by atoms with van der Waals surface area (Å²) < 4.78 is 31.7. The van der Waals surface area contributed by atoms with Crippen molar-refractivity contribution >= 4 is 35.5 Å². The molecule has 180 valence electrons. The van der Waals surface area contributed by atoms with Crippen LogP contribution in [-0.2, 0) is 5.75 Å². The van der Waals surface area contributed by atoms with E-state index in [1.54, 1.807) is 25.1 Å². The molecule has 0 aliphatic rings. The quantitative estimate of drug-likeness (QED) is 0.228. The molecule has 3 aromatic rings. The average Bonchev–Trinajstić information content (AvgIpc) is 2.82. The summed E-state index contributed by atoms with van der Waals surface area (Å²) in [7, 11) is 1.50. The second-order valence-corrected chi connectivity index (χ2v) is 8.58. The molecule has 7 nitrogen and oxygen atoms in total. The van der Waals surface area contributed by atoms with Gasteiger partial charge < -0.3 is 9.84 Å². The highest BCUT2D eigenvalue weighted by molar-refractivity contribution is 7.98. The molecular formula is C24H19ClF2N4O3S. The standard InChI is InChI=1S/C24H19ClF2N4O3S/c1-13-7-19(22(26)27)30-24(18(13)10-28)35-12-15-8-14(3-6-21(15)34-2)11-29-31-23(33)17-5-4-16(25)9-20(17)32/h3-9,11,22,32H,12H2,1-2H3,(H,31,33). The Bertz CT molecular complexity index is 1330. The predicted molar refractivity (Wildman–Crippen MR) is 129 cm³/mol. The van der Waals surface area contributed by atoms with Crippen LogP contribution in [0.25, 0.3) is 0 Å². The highest BCUT2D eigenvalue weighted by Gasteiger charge is 2.17. The molecule has 0 radical (unpaired) electrons. The number of methoxy groups -OCH3 is 1. The number of alkyl halides is 2. The summed E-state index contributed by atoms with van der Waals surface area (Å²) in [6.45, 7) is 1.59. The molecule has 35 heavy (non-hydrogen) atoms. The zero-order chi connectivity index (χ0) is 25.5. The largest absolute Gasteiger partial charge is 0.507 e. The molecule has 0 spiro atoms. The number of halogens is 3. The van der Waals surface area contributed by atoms with E-state index in [1.807, 2.05) is 6.07 Å². The molecule has 0 bridgehead atoms. The SMILES string of the molecule is COc1ccc(C=NNC(=O)c2ccc(Cl)cc2O)cc1CSc1nc(C(F)F)cc(C)c1C#N. The topological polar surface area (TPSA) is 108 Å². The van der Waals surface area contributed by atoms with E-state index in [1.165, 1.54) is 37.6 Å². The van der Waals surface area contributed by atoms with Crippen LogP contribution in [0, 0.1) is 18.3 Å². The van der Waals surface area contributed by atoms with Gasteiger partial charge in [0.1, 0.15) is 28.3 Å². The number of carbonyl (C=O) groups is 1. The zero-order valence-electron chi connectivity index (χ0n) is 18.6. The fourth-order valence-electron chi connectivity index (χ4n) is 3.08. The predicted octanol–water partition coefficient (Wildman–Crippen LogP) is 5.62. The Morgan fingerprint density at radius 2 is 2.11 bits per heavy atom. The van der Waals surface area contributed by atoms with Gasteiger partial charge in [-0.1, -0.05) is 11.6 Å². The molecule has 2 N–H and O–H groups in total. The Morgan fingerprint density at radius 3 is 2.77 bits per heavy atom. The van der Waals surface area contributed by atoms with Crippen LogP contribution in [-0.4, -0.2) is 29.3 Å². The Morgan fingerprint density at radius 1 is 1.34 bits per heavy atom. The third-order valence-corrected chi connectivity index (χ3v) is 6.05. The smallest absolute Gasteiger partial charge is 0.280 e. The fourth-order valence-corrected chi connectivity index (χ4v) is 4.29. The molecule has 1 amide bonds. The molecule has 0 aliphatic heterocycles. The van der Waals surface area contributed by atoms with Gasteiger partial charge in [0.15, 0.2) is 0 Å². The highest BCUT2D eigenvalue weighted by atomic mass is 35.5. The number of rotatable bonds is 8. The van der Waals surface area contributed by atoms with Crippen LogP contribution in [0.4, 0.5) is 8.78 Å². The summed E-state index contributed by atoms with van der Waals surface area (Å²) in [4.78, 5) is 16.2. The number of hydrogen-bond acceptors (Lipinski definition) is 7. The fraction of sp³-hybridized carbons (Fsp3) is 0.167. The molecule has 0 unspecified atom stereocenters. The second kappa shape index (κ2) is 11.6. The van der Waals surface area contributed by atoms with Gasteiger partial charge >= 0.3 is 0 Å². The minimum atomic E-state index is -2.75. The van der Waals surface area contributed by atoms with Crippen molar-refractivity contribution in [2.45, 2.75) is 24.1 Å². The van der Waals surface area contributed by atoms with Gasteiger partial charge in [0.25, 0.3) is 12.3 Å². The van der Waals surface area contributed by atoms with Crippen molar-refractivity contribution in [1.82, 2.24) is 10.4 Å². The first-order chi connectivity index (χ1) is 16.7. The number of amides is 1. The maximum Gasteiger partial charge on any atom is 0.280 e. The van der Waals surface area contributed by atoms with Crippen molar-refractivity contribution in [2.24, 2.45) is 5.10 Å². The van der Waals surface area contributed by atoms with Crippen molar-refractivity contribution < 1.29 is 23.4 Å². The second-order valence-electron chi connectivity index (χ2n) is 7.18. The lowest BCUT2D eigenvalue weighted by atomic mass is 10.1. The summed E-state index contributed by atoms with van der Waals surface area (Å²) in [5.74, 6) is -0.0662. The first-order valence-corrected chi connectivity index (χ1v) is 11.4. The van der Waals surface area contributed by atoms with Gasteiger partial charge in [-0.25, -0.2) is 19.2 Å². The van der Waals surface area contributed by atoms with Gasteiger partial charge in [0, 0.05) is 16.3 Å².